The van der Waals surface area contributed by atoms with E-state index in [0.29, 0.717) is 19.2 Å². The van der Waals surface area contributed by atoms with Gasteiger partial charge in [-0.15, -0.1) is 0 Å². The molecule has 2 rings (SSSR count). The number of aromatic nitrogens is 3. The molecule has 1 aliphatic heterocycles. The Kier molecular flexibility index (Phi) is 4.14. The van der Waals surface area contributed by atoms with Crippen molar-refractivity contribution >= 4 is 11.9 Å². The average molecular weight is 253 g/mol. The molecule has 0 aliphatic carbocycles. The lowest BCUT2D eigenvalue weighted by Gasteiger charge is -2.32. The monoisotopic (exact) mass is 253 g/mol. The molecule has 0 spiro atoms. The summed E-state index contributed by atoms with van der Waals surface area (Å²) in [6.45, 7) is 6.68. The zero-order chi connectivity index (χ0) is 13.0. The van der Waals surface area contributed by atoms with E-state index in [1.54, 1.807) is 0 Å². The third-order valence-electron chi connectivity index (χ3n) is 2.77. The molecule has 2 N–H and O–H groups in total. The maximum atomic E-state index is 5.66. The predicted molar refractivity (Wildman–Crippen MR) is 67.7 cm³/mol. The number of anilines is 2. The second-order valence-electron chi connectivity index (χ2n) is 4.06. The lowest BCUT2D eigenvalue weighted by Crippen LogP contribution is -2.43. The lowest BCUT2D eigenvalue weighted by molar-refractivity contribution is 0.0378. The average Bonchev–Trinajstić information content (AvgIpc) is 2.38. The van der Waals surface area contributed by atoms with Crippen molar-refractivity contribution in [2.75, 3.05) is 36.9 Å². The van der Waals surface area contributed by atoms with E-state index in [0.717, 1.165) is 19.5 Å². The highest BCUT2D eigenvalue weighted by Crippen LogP contribution is 2.17. The van der Waals surface area contributed by atoms with Crippen LogP contribution in [0.4, 0.5) is 11.9 Å². The second kappa shape index (κ2) is 5.81. The number of hydrogen-bond acceptors (Lipinski definition) is 7. The quantitative estimate of drug-likeness (QED) is 0.834. The fraction of sp³-hybridized carbons (Fsp3) is 0.727. The SMILES string of the molecule is CCOc1nc(N)nc(N2CCOC(CC)C2)n1. The van der Waals surface area contributed by atoms with E-state index in [1.807, 2.05) is 6.92 Å². The van der Waals surface area contributed by atoms with Gasteiger partial charge in [-0.1, -0.05) is 6.92 Å². The Morgan fingerprint density at radius 3 is 2.94 bits per heavy atom. The van der Waals surface area contributed by atoms with Gasteiger partial charge in [-0.3, -0.25) is 0 Å². The molecule has 1 atom stereocenters. The van der Waals surface area contributed by atoms with Crippen LogP contribution in [-0.4, -0.2) is 47.4 Å². The normalized spacial score (nSPS) is 19.9. The van der Waals surface area contributed by atoms with Gasteiger partial charge in [-0.2, -0.15) is 15.0 Å². The first-order valence-corrected chi connectivity index (χ1v) is 6.23. The van der Waals surface area contributed by atoms with E-state index in [-0.39, 0.29) is 18.1 Å². The van der Waals surface area contributed by atoms with Crippen molar-refractivity contribution < 1.29 is 9.47 Å². The summed E-state index contributed by atoms with van der Waals surface area (Å²) in [5, 5.41) is 0. The van der Waals surface area contributed by atoms with Gasteiger partial charge in [-0.25, -0.2) is 0 Å². The molecular formula is C11H19N5O2. The molecule has 0 saturated carbocycles. The first kappa shape index (κ1) is 12.8. The van der Waals surface area contributed by atoms with Crippen molar-refractivity contribution in [3.05, 3.63) is 0 Å². The van der Waals surface area contributed by atoms with Crippen LogP contribution in [0.15, 0.2) is 0 Å². The molecule has 7 heteroatoms. The molecule has 1 unspecified atom stereocenters. The van der Waals surface area contributed by atoms with Gasteiger partial charge in [0.15, 0.2) is 0 Å². The van der Waals surface area contributed by atoms with Crippen molar-refractivity contribution in [1.29, 1.82) is 0 Å². The van der Waals surface area contributed by atoms with Crippen LogP contribution >= 0.6 is 0 Å². The summed E-state index contributed by atoms with van der Waals surface area (Å²) in [5.41, 5.74) is 5.66. The molecule has 7 nitrogen and oxygen atoms in total. The standard InChI is InChI=1S/C11H19N5O2/c1-3-8-7-16(5-6-18-8)10-13-9(12)14-11(15-10)17-4-2/h8H,3-7H2,1-2H3,(H2,12,13,14,15). The lowest BCUT2D eigenvalue weighted by atomic mass is 10.2. The van der Waals surface area contributed by atoms with Crippen LogP contribution in [-0.2, 0) is 4.74 Å². The summed E-state index contributed by atoms with van der Waals surface area (Å²) in [4.78, 5) is 14.4. The Labute approximate surface area is 106 Å². The molecule has 0 radical (unpaired) electrons. The summed E-state index contributed by atoms with van der Waals surface area (Å²) in [6.07, 6.45) is 1.18. The highest BCUT2D eigenvalue weighted by molar-refractivity contribution is 5.36. The largest absolute Gasteiger partial charge is 0.464 e. The van der Waals surface area contributed by atoms with E-state index in [9.17, 15) is 0 Å². The minimum absolute atomic E-state index is 0.183. The van der Waals surface area contributed by atoms with Crippen LogP contribution in [0.3, 0.4) is 0 Å². The van der Waals surface area contributed by atoms with Crippen LogP contribution in [0.25, 0.3) is 0 Å². The summed E-state index contributed by atoms with van der Waals surface area (Å²) in [6, 6.07) is 0.277. The van der Waals surface area contributed by atoms with E-state index < -0.39 is 0 Å². The van der Waals surface area contributed by atoms with Crippen molar-refractivity contribution in [3.63, 3.8) is 0 Å². The fourth-order valence-electron chi connectivity index (χ4n) is 1.84. The van der Waals surface area contributed by atoms with Gasteiger partial charge >= 0.3 is 6.01 Å². The maximum Gasteiger partial charge on any atom is 0.323 e. The predicted octanol–water partition coefficient (Wildman–Crippen LogP) is 0.468. The number of nitrogen functional groups attached to an aromatic ring is 1. The number of rotatable bonds is 4. The zero-order valence-electron chi connectivity index (χ0n) is 10.8. The molecule has 100 valence electrons. The van der Waals surface area contributed by atoms with Gasteiger partial charge in [0.2, 0.25) is 11.9 Å². The Hall–Kier alpha value is -1.63. The van der Waals surface area contributed by atoms with Gasteiger partial charge < -0.3 is 20.1 Å². The molecule has 0 amide bonds. The van der Waals surface area contributed by atoms with Crippen molar-refractivity contribution in [3.8, 4) is 6.01 Å². The molecule has 1 saturated heterocycles. The minimum Gasteiger partial charge on any atom is -0.464 e. The summed E-state index contributed by atoms with van der Waals surface area (Å²) >= 11 is 0. The Morgan fingerprint density at radius 2 is 2.22 bits per heavy atom. The summed E-state index contributed by atoms with van der Waals surface area (Å²) in [7, 11) is 0. The van der Waals surface area contributed by atoms with Crippen LogP contribution < -0.4 is 15.4 Å². The van der Waals surface area contributed by atoms with Gasteiger partial charge in [0.1, 0.15) is 0 Å². The zero-order valence-corrected chi connectivity index (χ0v) is 10.8. The first-order chi connectivity index (χ1) is 8.72. The summed E-state index contributed by atoms with van der Waals surface area (Å²) < 4.78 is 10.9. The number of nitrogens with zero attached hydrogens (tertiary/aromatic N) is 4. The van der Waals surface area contributed by atoms with Crippen LogP contribution in [0.2, 0.25) is 0 Å². The van der Waals surface area contributed by atoms with Gasteiger partial charge in [0, 0.05) is 13.1 Å². The highest BCUT2D eigenvalue weighted by atomic mass is 16.5. The molecule has 1 aromatic rings. The molecule has 1 aromatic heterocycles. The van der Waals surface area contributed by atoms with E-state index >= 15 is 0 Å². The van der Waals surface area contributed by atoms with Crippen molar-refractivity contribution in [2.45, 2.75) is 26.4 Å². The summed E-state index contributed by atoms with van der Waals surface area (Å²) in [5.74, 6) is 0.746. The number of nitrogens with two attached hydrogens (primary N) is 1. The molecule has 2 heterocycles. The second-order valence-corrected chi connectivity index (χ2v) is 4.06. The van der Waals surface area contributed by atoms with E-state index in [4.69, 9.17) is 15.2 Å². The maximum absolute atomic E-state index is 5.66. The highest BCUT2D eigenvalue weighted by Gasteiger charge is 2.22. The molecule has 1 aliphatic rings. The fourth-order valence-corrected chi connectivity index (χ4v) is 1.84. The number of morpholine rings is 1. The van der Waals surface area contributed by atoms with Gasteiger partial charge in [0.25, 0.3) is 0 Å². The Bertz CT molecular complexity index is 401. The third kappa shape index (κ3) is 2.98. The Morgan fingerprint density at radius 1 is 1.39 bits per heavy atom. The van der Waals surface area contributed by atoms with Crippen molar-refractivity contribution in [1.82, 2.24) is 15.0 Å². The van der Waals surface area contributed by atoms with Gasteiger partial charge in [0.05, 0.1) is 19.3 Å². The smallest absolute Gasteiger partial charge is 0.323 e. The molecule has 18 heavy (non-hydrogen) atoms. The molecule has 0 aromatic carbocycles. The molecule has 0 bridgehead atoms. The molecule has 1 fully saturated rings. The van der Waals surface area contributed by atoms with E-state index in [2.05, 4.69) is 26.8 Å². The van der Waals surface area contributed by atoms with Gasteiger partial charge in [-0.05, 0) is 13.3 Å². The van der Waals surface area contributed by atoms with Crippen molar-refractivity contribution in [2.24, 2.45) is 0 Å². The third-order valence-corrected chi connectivity index (χ3v) is 2.77. The van der Waals surface area contributed by atoms with Crippen LogP contribution in [0.1, 0.15) is 20.3 Å². The van der Waals surface area contributed by atoms with Crippen LogP contribution in [0, 0.1) is 0 Å². The topological polar surface area (TPSA) is 86.4 Å². The first-order valence-electron chi connectivity index (χ1n) is 6.23. The minimum atomic E-state index is 0.183. The number of hydrogen-bond donors (Lipinski definition) is 1. The number of ether oxygens (including phenoxy) is 2. The Balaban J connectivity index is 2.16. The van der Waals surface area contributed by atoms with Crippen LogP contribution in [0.5, 0.6) is 6.01 Å². The molecular weight excluding hydrogens is 234 g/mol. The van der Waals surface area contributed by atoms with E-state index in [1.165, 1.54) is 0 Å².